The fourth-order valence-electron chi connectivity index (χ4n) is 10.2. The second kappa shape index (κ2) is 26.8. The molecule has 0 fully saturated rings. The van der Waals surface area contributed by atoms with Gasteiger partial charge >= 0.3 is 11.9 Å². The Bertz CT molecular complexity index is 2390. The summed E-state index contributed by atoms with van der Waals surface area (Å²) in [4.78, 5) is 24.2. The molecule has 382 valence electrons. The quantitative estimate of drug-likeness (QED) is 0.0231. The maximum Gasteiger partial charge on any atom is 0.330 e. The van der Waals surface area contributed by atoms with Crippen molar-refractivity contribution < 1.29 is 57.0 Å². The molecule has 0 amide bonds. The van der Waals surface area contributed by atoms with E-state index in [2.05, 4.69) is 98.1 Å². The molecule has 7 rings (SSSR count). The molecule has 0 saturated heterocycles. The summed E-state index contributed by atoms with van der Waals surface area (Å²) in [7, 11) is 6.70. The lowest BCUT2D eigenvalue weighted by Gasteiger charge is -2.33. The first-order chi connectivity index (χ1) is 35.2. The van der Waals surface area contributed by atoms with Crippen molar-refractivity contribution in [1.82, 2.24) is 0 Å². The van der Waals surface area contributed by atoms with Crippen LogP contribution in [0.4, 0.5) is 0 Å². The highest BCUT2D eigenvalue weighted by Gasteiger charge is 2.45. The zero-order chi connectivity index (χ0) is 50.8. The van der Waals surface area contributed by atoms with E-state index in [0.717, 1.165) is 66.8 Å². The smallest absolute Gasteiger partial charge is 0.330 e. The Morgan fingerprint density at radius 1 is 0.389 bits per heavy atom. The molecule has 0 aliphatic heterocycles. The van der Waals surface area contributed by atoms with E-state index in [1.54, 1.807) is 28.4 Å². The number of carbonyl (C=O) groups is 2. The zero-order valence-corrected chi connectivity index (χ0v) is 42.4. The van der Waals surface area contributed by atoms with Crippen LogP contribution in [0.3, 0.4) is 0 Å². The predicted molar refractivity (Wildman–Crippen MR) is 279 cm³/mol. The molecule has 2 aliphatic carbocycles. The average molecular weight is 983 g/mol. The normalized spacial score (nSPS) is 13.5. The number of ether oxygens (including phenoxy) is 10. The van der Waals surface area contributed by atoms with Crippen molar-refractivity contribution in [2.45, 2.75) is 49.7 Å². The van der Waals surface area contributed by atoms with Gasteiger partial charge < -0.3 is 47.4 Å². The van der Waals surface area contributed by atoms with E-state index in [1.807, 2.05) is 12.1 Å². The highest BCUT2D eigenvalue weighted by atomic mass is 16.5. The Labute approximate surface area is 425 Å². The van der Waals surface area contributed by atoms with Gasteiger partial charge in [-0.05, 0) is 116 Å². The van der Waals surface area contributed by atoms with Gasteiger partial charge in [0.1, 0.15) is 13.2 Å². The Balaban J connectivity index is 1.25. The summed E-state index contributed by atoms with van der Waals surface area (Å²) >= 11 is 0. The van der Waals surface area contributed by atoms with Gasteiger partial charge in [-0.25, -0.2) is 9.59 Å². The minimum atomic E-state index is -0.465. The lowest BCUT2D eigenvalue weighted by atomic mass is 9.72. The molecule has 0 aromatic heterocycles. The molecule has 0 spiro atoms. The fraction of sp³-hybridized carbons (Fsp3) is 0.400. The topological polar surface area (TPSA) is 126 Å². The maximum atomic E-state index is 12.1. The number of esters is 2. The zero-order valence-electron chi connectivity index (χ0n) is 42.4. The van der Waals surface area contributed by atoms with Crippen LogP contribution < -0.4 is 0 Å². The van der Waals surface area contributed by atoms with Gasteiger partial charge in [0.05, 0.1) is 52.9 Å². The van der Waals surface area contributed by atoms with Gasteiger partial charge in [-0.3, -0.25) is 0 Å². The van der Waals surface area contributed by atoms with Crippen molar-refractivity contribution in [2.24, 2.45) is 0 Å². The van der Waals surface area contributed by atoms with Crippen molar-refractivity contribution in [1.29, 1.82) is 0 Å². The van der Waals surface area contributed by atoms with Crippen LogP contribution in [0.2, 0.25) is 0 Å². The van der Waals surface area contributed by atoms with Crippen molar-refractivity contribution >= 4 is 11.9 Å². The molecule has 5 aromatic rings. The van der Waals surface area contributed by atoms with Crippen LogP contribution in [0, 0.1) is 0 Å². The van der Waals surface area contributed by atoms with Gasteiger partial charge in [0.15, 0.2) is 0 Å². The van der Waals surface area contributed by atoms with E-state index in [1.165, 1.54) is 23.3 Å². The lowest BCUT2D eigenvalue weighted by molar-refractivity contribution is -0.139. The van der Waals surface area contributed by atoms with Crippen LogP contribution in [0.1, 0.15) is 59.1 Å². The molecular weight excluding hydrogens is 913 g/mol. The second-order valence-electron chi connectivity index (χ2n) is 18.1. The van der Waals surface area contributed by atoms with Crippen LogP contribution in [0.25, 0.3) is 44.5 Å². The number of fused-ring (bicyclic) bond motifs is 6. The third kappa shape index (κ3) is 12.7. The fourth-order valence-corrected chi connectivity index (χ4v) is 10.2. The maximum absolute atomic E-state index is 12.1. The van der Waals surface area contributed by atoms with Gasteiger partial charge in [-0.2, -0.15) is 0 Å². The number of hydrogen-bond acceptors (Lipinski definition) is 12. The van der Waals surface area contributed by atoms with E-state index in [0.29, 0.717) is 105 Å². The summed E-state index contributed by atoms with van der Waals surface area (Å²) in [6, 6.07) is 35.1. The van der Waals surface area contributed by atoms with Gasteiger partial charge in [-0.1, -0.05) is 98.1 Å². The van der Waals surface area contributed by atoms with E-state index in [4.69, 9.17) is 47.4 Å². The van der Waals surface area contributed by atoms with Crippen LogP contribution in [-0.2, 0) is 81.0 Å². The molecule has 5 aromatic carbocycles. The Morgan fingerprint density at radius 2 is 0.681 bits per heavy atom. The van der Waals surface area contributed by atoms with Gasteiger partial charge in [0.2, 0.25) is 0 Å². The summed E-state index contributed by atoms with van der Waals surface area (Å²) in [6.45, 7) is 13.4. The minimum Gasteiger partial charge on any atom is -0.458 e. The van der Waals surface area contributed by atoms with Gasteiger partial charge in [0.25, 0.3) is 0 Å². The summed E-state index contributed by atoms with van der Waals surface area (Å²) in [5.41, 5.74) is 14.6. The Hall–Kier alpha value is -5.80. The predicted octanol–water partition coefficient (Wildman–Crippen LogP) is 10.2. The van der Waals surface area contributed by atoms with Crippen LogP contribution in [-0.4, -0.2) is 120 Å². The number of methoxy groups -OCH3 is 4. The minimum absolute atomic E-state index is 0.136. The van der Waals surface area contributed by atoms with Crippen molar-refractivity contribution in [3.05, 3.63) is 156 Å². The third-order valence-corrected chi connectivity index (χ3v) is 13.9. The van der Waals surface area contributed by atoms with Crippen LogP contribution in [0.5, 0.6) is 0 Å². The second-order valence-corrected chi connectivity index (χ2v) is 18.1. The van der Waals surface area contributed by atoms with Crippen LogP contribution >= 0.6 is 0 Å². The van der Waals surface area contributed by atoms with Crippen molar-refractivity contribution in [3.8, 4) is 44.5 Å². The molecule has 0 atom stereocenters. The largest absolute Gasteiger partial charge is 0.458 e. The molecule has 0 saturated carbocycles. The van der Waals surface area contributed by atoms with E-state index in [-0.39, 0.29) is 13.2 Å². The number of carbonyl (C=O) groups excluding carboxylic acids is 2. The van der Waals surface area contributed by atoms with Crippen molar-refractivity contribution in [3.63, 3.8) is 0 Å². The molecule has 12 heteroatoms. The molecule has 0 unspecified atom stereocenters. The molecular formula is C60H70O12. The first-order valence-electron chi connectivity index (χ1n) is 24.8. The molecule has 0 heterocycles. The van der Waals surface area contributed by atoms with Crippen molar-refractivity contribution in [2.75, 3.05) is 108 Å². The Kier molecular flexibility index (Phi) is 20.1. The van der Waals surface area contributed by atoms with Gasteiger partial charge in [-0.15, -0.1) is 0 Å². The van der Waals surface area contributed by atoms with E-state index >= 15 is 0 Å². The van der Waals surface area contributed by atoms with E-state index < -0.39 is 22.8 Å². The highest BCUT2D eigenvalue weighted by Crippen LogP contribution is 2.56. The highest BCUT2D eigenvalue weighted by molar-refractivity contribution is 5.87. The summed E-state index contributed by atoms with van der Waals surface area (Å²) in [5, 5.41) is 0. The average Bonchev–Trinajstić information content (AvgIpc) is 3.83. The lowest BCUT2D eigenvalue weighted by Crippen LogP contribution is -2.30. The first-order valence-corrected chi connectivity index (χ1v) is 24.8. The molecule has 0 radical (unpaired) electrons. The SMILES string of the molecule is C=CC(=O)OCc1ccc2c(c1)C(CCOCCOC)(CCOCCOC)c1cc(-c3ccc(-c4ccc5c(c4)C(CCOCCOC)(CCOCCOC)c4cc(COC(=O)C=C)ccc4-5)cc3)ccc1-2. The van der Waals surface area contributed by atoms with Gasteiger partial charge in [0, 0.05) is 77.8 Å². The summed E-state index contributed by atoms with van der Waals surface area (Å²) < 4.78 is 56.9. The molecule has 0 bridgehead atoms. The molecule has 12 nitrogen and oxygen atoms in total. The standard InChI is InChI=1S/C60H70O12/c1-7-57(61)71-41-43-9-17-49-51-19-15-47(39-55(51)59(53(49)37-43,21-25-67-33-29-63-3)22-26-68-34-30-64-4)45-11-13-46(14-12-45)48-16-20-52-50-18-10-44(42-72-58(62)8-2)38-54(50)60(56(52)40-48,23-27-69-35-31-65-5)24-28-70-36-32-66-6/h7-20,37-40H,1-2,21-36,41-42H2,3-6H3. The molecule has 2 aliphatic rings. The number of hydrogen-bond donors (Lipinski definition) is 0. The number of benzene rings is 5. The monoisotopic (exact) mass is 982 g/mol. The third-order valence-electron chi connectivity index (χ3n) is 13.9. The molecule has 72 heavy (non-hydrogen) atoms. The molecule has 0 N–H and O–H groups in total. The number of rotatable bonds is 32. The summed E-state index contributed by atoms with van der Waals surface area (Å²) in [5.74, 6) is -0.929. The summed E-state index contributed by atoms with van der Waals surface area (Å²) in [6.07, 6.45) is 5.18. The van der Waals surface area contributed by atoms with Crippen LogP contribution in [0.15, 0.2) is 122 Å². The first kappa shape index (κ1) is 54.0. The van der Waals surface area contributed by atoms with E-state index in [9.17, 15) is 9.59 Å². The Morgan fingerprint density at radius 3 is 0.986 bits per heavy atom.